The first-order valence-corrected chi connectivity index (χ1v) is 27.6. The maximum atomic E-state index is 13.4. The van der Waals surface area contributed by atoms with Crippen molar-refractivity contribution < 1.29 is 109 Å². The normalized spacial score (nSPS) is 53.0. The third kappa shape index (κ3) is 9.77. The van der Waals surface area contributed by atoms with E-state index in [0.717, 1.165) is 64.9 Å². The molecule has 12 N–H and O–H groups in total. The number of fused-ring (bicyclic) bond motifs is 7. The van der Waals surface area contributed by atoms with Crippen molar-refractivity contribution in [3.8, 4) is 0 Å². The third-order valence-corrected chi connectivity index (χ3v) is 21.3. The van der Waals surface area contributed by atoms with Gasteiger partial charge in [-0.2, -0.15) is 0 Å². The average molecular weight is 1090 g/mol. The van der Waals surface area contributed by atoms with E-state index in [1.165, 1.54) is 5.57 Å². The van der Waals surface area contributed by atoms with Gasteiger partial charge in [-0.15, -0.1) is 0 Å². The zero-order valence-corrected chi connectivity index (χ0v) is 45.2. The number of aliphatic hydroxyl groups excluding tert-OH is 12. The molecule has 22 nitrogen and oxygen atoms in total. The Morgan fingerprint density at radius 3 is 1.87 bits per heavy atom. The largest absolute Gasteiger partial charge is 0.467 e. The van der Waals surface area contributed by atoms with E-state index in [2.05, 4.69) is 54.5 Å². The monoisotopic (exact) mass is 1090 g/mol. The van der Waals surface area contributed by atoms with Gasteiger partial charge in [0, 0.05) is 5.41 Å². The van der Waals surface area contributed by atoms with Crippen LogP contribution in [0.3, 0.4) is 0 Å². The Labute approximate surface area is 444 Å². The maximum Gasteiger partial charge on any atom is 0.337 e. The van der Waals surface area contributed by atoms with Crippen molar-refractivity contribution in [3.05, 3.63) is 11.6 Å². The Morgan fingerprint density at radius 1 is 0.618 bits per heavy atom. The number of esters is 1. The van der Waals surface area contributed by atoms with E-state index < -0.39 is 154 Å². The number of allylic oxidation sites excluding steroid dienone is 2. The lowest BCUT2D eigenvalue weighted by atomic mass is 9.33. The number of methoxy groups -OCH3 is 1. The summed E-state index contributed by atoms with van der Waals surface area (Å²) in [4.78, 5) is 13.4. The van der Waals surface area contributed by atoms with Gasteiger partial charge < -0.3 is 104 Å². The average Bonchev–Trinajstić information content (AvgIpc) is 3.40. The highest BCUT2D eigenvalue weighted by Gasteiger charge is 2.69. The minimum Gasteiger partial charge on any atom is -0.467 e. The van der Waals surface area contributed by atoms with E-state index in [9.17, 15) is 66.1 Å². The van der Waals surface area contributed by atoms with Gasteiger partial charge in [-0.25, -0.2) is 4.79 Å². The van der Waals surface area contributed by atoms with Crippen LogP contribution in [0.25, 0.3) is 0 Å². The molecule has 27 atom stereocenters. The summed E-state index contributed by atoms with van der Waals surface area (Å²) in [5, 5.41) is 128. The Bertz CT molecular complexity index is 2070. The quantitative estimate of drug-likeness (QED) is 0.0650. The van der Waals surface area contributed by atoms with E-state index >= 15 is 0 Å². The van der Waals surface area contributed by atoms with E-state index in [1.54, 1.807) is 0 Å². The number of hydrogen-bond acceptors (Lipinski definition) is 22. The first-order valence-electron chi connectivity index (χ1n) is 27.6. The molecule has 0 aromatic rings. The molecule has 22 heteroatoms. The summed E-state index contributed by atoms with van der Waals surface area (Å²) in [6.07, 6.45) is -20.6. The molecule has 9 rings (SSSR count). The summed E-state index contributed by atoms with van der Waals surface area (Å²) >= 11 is 0. The van der Waals surface area contributed by atoms with Gasteiger partial charge >= 0.3 is 5.97 Å². The van der Waals surface area contributed by atoms with Crippen LogP contribution in [0.2, 0.25) is 0 Å². The molecule has 0 bridgehead atoms. The fourth-order valence-corrected chi connectivity index (χ4v) is 16.4. The van der Waals surface area contributed by atoms with Crippen molar-refractivity contribution in [1.82, 2.24) is 0 Å². The number of aliphatic hydroxyl groups is 12. The molecule has 4 aliphatic heterocycles. The summed E-state index contributed by atoms with van der Waals surface area (Å²) in [6, 6.07) is 0. The minimum absolute atomic E-state index is 0.0559. The fraction of sp³-hybridized carbons (Fsp3) is 0.944. The van der Waals surface area contributed by atoms with E-state index in [1.807, 2.05) is 0 Å². The topological polar surface area (TPSA) is 343 Å². The minimum atomic E-state index is -1.95. The molecule has 0 radical (unpaired) electrons. The van der Waals surface area contributed by atoms with Gasteiger partial charge in [0.15, 0.2) is 31.3 Å². The van der Waals surface area contributed by atoms with Crippen LogP contribution in [0.15, 0.2) is 11.6 Å². The van der Waals surface area contributed by atoms with Crippen LogP contribution in [-0.4, -0.2) is 224 Å². The zero-order valence-electron chi connectivity index (χ0n) is 45.2. The van der Waals surface area contributed by atoms with Gasteiger partial charge in [0.25, 0.3) is 0 Å². The third-order valence-electron chi connectivity index (χ3n) is 21.3. The number of carbonyl (C=O) groups is 1. The van der Waals surface area contributed by atoms with Crippen LogP contribution in [0.5, 0.6) is 0 Å². The SMILES string of the molecule is COC(=O)[C@H]1O[C@@H](O[C@H]2CC[C@]3(C)[C@H]4CC=C5[C@@H]6CC(C)(C)CC[C@]6(CO[C@@H]6O[C@H](CO)[C@@H](O)[C@H](O)[C@H]6O)CC[C@@]5(C)[C@]4(C)CC[C@H]3C2(C)C)[C@H](O[C@@H]2OC[C@@H](O)[C@H](O)[C@H]2O)[C@@H](O[C@@H]2O[C@H](CO)[C@H](O)[C@H](O)[C@H]2O)[C@@H]1O. The summed E-state index contributed by atoms with van der Waals surface area (Å²) in [5.41, 5.74) is 0.152. The molecule has 8 fully saturated rings. The second-order valence-corrected chi connectivity index (χ2v) is 26.2. The predicted molar refractivity (Wildman–Crippen MR) is 262 cm³/mol. The van der Waals surface area contributed by atoms with Crippen molar-refractivity contribution in [3.63, 3.8) is 0 Å². The highest BCUT2D eigenvalue weighted by atomic mass is 16.8. The number of rotatable bonds is 12. The van der Waals surface area contributed by atoms with Crippen LogP contribution in [-0.2, 0) is 47.4 Å². The summed E-state index contributed by atoms with van der Waals surface area (Å²) in [5.74, 6) is -0.507. The highest BCUT2D eigenvalue weighted by molar-refractivity contribution is 5.75. The number of carbonyl (C=O) groups excluding carboxylic acids is 1. The lowest BCUT2D eigenvalue weighted by Crippen LogP contribution is -2.68. The second kappa shape index (κ2) is 21.6. The number of ether oxygens (including phenoxy) is 9. The van der Waals surface area contributed by atoms with Crippen LogP contribution in [0.4, 0.5) is 0 Å². The van der Waals surface area contributed by atoms with E-state index in [0.29, 0.717) is 6.42 Å². The molecule has 0 unspecified atom stereocenters. The molecule has 5 aliphatic carbocycles. The molecule has 436 valence electrons. The molecule has 76 heavy (non-hydrogen) atoms. The van der Waals surface area contributed by atoms with Gasteiger partial charge in [0.1, 0.15) is 85.5 Å². The van der Waals surface area contributed by atoms with Crippen LogP contribution in [0, 0.1) is 50.2 Å². The molecule has 0 amide bonds. The summed E-state index contributed by atoms with van der Waals surface area (Å²) in [7, 11) is 1.09. The summed E-state index contributed by atoms with van der Waals surface area (Å²) in [6.45, 7) is 14.8. The Kier molecular flexibility index (Phi) is 16.8. The Balaban J connectivity index is 0.993. The standard InChI is InChI=1S/C54H88O22/c1-49(2)15-17-54(23-70-46-38(64)35(61)33(59)27(20-55)71-46)18-16-52(6)24(25(54)19-49)9-10-30-51(5)13-12-31(50(3,4)29(51)11-14-53(30,52)7)73-48-43(76-45-37(63)32(58)26(57)22-69-45)41(40(66)42(75-48)44(67)68-8)74-47-39(65)36(62)34(60)28(21-56)72-47/h9,25-43,45-48,55-66H,10-23H2,1-8H3/t25-,26+,27+,28+,29-,30+,31-,32-,33+,34-,35-,36-,37+,38+,39+,40-,41-,42-,43+,45-,46+,47-,48+,51-,52+,53+,54+/m0/s1. The zero-order chi connectivity index (χ0) is 55.4. The van der Waals surface area contributed by atoms with Crippen molar-refractivity contribution >= 4 is 5.97 Å². The smallest absolute Gasteiger partial charge is 0.337 e. The molecule has 4 saturated heterocycles. The number of hydrogen-bond donors (Lipinski definition) is 12. The molecular weight excluding hydrogens is 1000 g/mol. The molecular formula is C54H88O22. The molecule has 0 aromatic heterocycles. The van der Waals surface area contributed by atoms with Crippen LogP contribution < -0.4 is 0 Å². The second-order valence-electron chi connectivity index (χ2n) is 26.2. The highest BCUT2D eigenvalue weighted by Crippen LogP contribution is 2.76. The van der Waals surface area contributed by atoms with E-state index in [4.69, 9.17) is 42.6 Å². The first-order chi connectivity index (χ1) is 35.6. The fourth-order valence-electron chi connectivity index (χ4n) is 16.4. The predicted octanol–water partition coefficient (Wildman–Crippen LogP) is -0.742. The van der Waals surface area contributed by atoms with Gasteiger partial charge in [-0.05, 0) is 109 Å². The van der Waals surface area contributed by atoms with E-state index in [-0.39, 0.29) is 51.4 Å². The molecule has 0 spiro atoms. The van der Waals surface area contributed by atoms with Gasteiger partial charge in [-0.1, -0.05) is 60.1 Å². The van der Waals surface area contributed by atoms with Crippen molar-refractivity contribution in [1.29, 1.82) is 0 Å². The lowest BCUT2D eigenvalue weighted by molar-refractivity contribution is -0.391. The molecule has 0 aromatic carbocycles. The van der Waals surface area contributed by atoms with Crippen molar-refractivity contribution in [2.75, 3.05) is 33.5 Å². The van der Waals surface area contributed by atoms with Gasteiger partial charge in [0.2, 0.25) is 0 Å². The molecule has 4 saturated carbocycles. The molecule has 4 heterocycles. The summed E-state index contributed by atoms with van der Waals surface area (Å²) < 4.78 is 54.4. The van der Waals surface area contributed by atoms with Crippen LogP contribution in [0.1, 0.15) is 113 Å². The van der Waals surface area contributed by atoms with Gasteiger partial charge in [0.05, 0.1) is 39.6 Å². The first kappa shape index (κ1) is 59.0. The maximum absolute atomic E-state index is 13.4. The lowest BCUT2D eigenvalue weighted by Gasteiger charge is -2.71. The Hall–Kier alpha value is -1.59. The molecule has 9 aliphatic rings. The Morgan fingerprint density at radius 2 is 1.22 bits per heavy atom. The van der Waals surface area contributed by atoms with Gasteiger partial charge in [-0.3, -0.25) is 0 Å². The van der Waals surface area contributed by atoms with Crippen molar-refractivity contribution in [2.24, 2.45) is 50.2 Å². The van der Waals surface area contributed by atoms with Crippen molar-refractivity contribution in [2.45, 2.75) is 235 Å². The van der Waals surface area contributed by atoms with Crippen LogP contribution >= 0.6 is 0 Å².